The third-order valence-electron chi connectivity index (χ3n) is 2.01. The number of aromatic amines is 1. The number of H-pyrrole nitrogens is 1. The maximum absolute atomic E-state index is 11.6. The van der Waals surface area contributed by atoms with E-state index in [9.17, 15) is 9.59 Å². The summed E-state index contributed by atoms with van der Waals surface area (Å²) in [6, 6.07) is 1.51. The van der Waals surface area contributed by atoms with Crippen LogP contribution >= 0.6 is 15.9 Å². The summed E-state index contributed by atoms with van der Waals surface area (Å²) in [5.74, 6) is -0.538. The molecule has 2 aromatic rings. The van der Waals surface area contributed by atoms with E-state index in [0.717, 1.165) is 0 Å². The molecule has 0 aliphatic heterocycles. The Morgan fingerprint density at radius 3 is 3.12 bits per heavy atom. The van der Waals surface area contributed by atoms with E-state index < -0.39 is 5.97 Å². The van der Waals surface area contributed by atoms with Crippen molar-refractivity contribution in [2.24, 2.45) is 0 Å². The van der Waals surface area contributed by atoms with E-state index in [4.69, 9.17) is 4.74 Å². The summed E-state index contributed by atoms with van der Waals surface area (Å²) in [7, 11) is 0. The number of ether oxygens (including phenoxy) is 1. The van der Waals surface area contributed by atoms with Gasteiger partial charge >= 0.3 is 5.97 Å². The molecule has 0 spiro atoms. The molecule has 0 fully saturated rings. The molecule has 1 N–H and O–H groups in total. The number of hydrogen-bond donors (Lipinski definition) is 1. The molecular formula is C9H8BrN3O3. The number of nitrogens with zero attached hydrogens (tertiary/aromatic N) is 2. The summed E-state index contributed by atoms with van der Waals surface area (Å²) in [6.07, 6.45) is 1.26. The predicted molar refractivity (Wildman–Crippen MR) is 59.5 cm³/mol. The van der Waals surface area contributed by atoms with E-state index in [-0.39, 0.29) is 23.2 Å². The minimum atomic E-state index is -0.538. The Balaban J connectivity index is 2.71. The van der Waals surface area contributed by atoms with E-state index >= 15 is 0 Å². The maximum atomic E-state index is 11.6. The average molecular weight is 286 g/mol. The van der Waals surface area contributed by atoms with Crippen LogP contribution in [0.25, 0.3) is 5.52 Å². The first-order valence-electron chi connectivity index (χ1n) is 4.57. The number of rotatable bonds is 2. The lowest BCUT2D eigenvalue weighted by Gasteiger charge is -1.98. The SMILES string of the molecule is CCOC(=O)c1cc(Br)n2nc[nH]c(=O)c12. The van der Waals surface area contributed by atoms with E-state index in [2.05, 4.69) is 26.0 Å². The summed E-state index contributed by atoms with van der Waals surface area (Å²) in [6.45, 7) is 1.96. The molecule has 2 heterocycles. The lowest BCUT2D eigenvalue weighted by molar-refractivity contribution is 0.0528. The number of aromatic nitrogens is 3. The highest BCUT2D eigenvalue weighted by atomic mass is 79.9. The Hall–Kier alpha value is -1.63. The predicted octanol–water partition coefficient (Wildman–Crippen LogP) is 0.962. The van der Waals surface area contributed by atoms with Gasteiger partial charge in [0.1, 0.15) is 16.4 Å². The van der Waals surface area contributed by atoms with E-state index in [1.54, 1.807) is 6.92 Å². The van der Waals surface area contributed by atoms with Gasteiger partial charge in [-0.3, -0.25) is 4.79 Å². The number of halogens is 1. The molecule has 7 heteroatoms. The van der Waals surface area contributed by atoms with Crippen molar-refractivity contribution >= 4 is 27.4 Å². The Bertz CT molecular complexity index is 602. The van der Waals surface area contributed by atoms with Gasteiger partial charge in [-0.05, 0) is 28.9 Å². The average Bonchev–Trinajstić information content (AvgIpc) is 2.58. The molecular weight excluding hydrogens is 278 g/mol. The summed E-state index contributed by atoms with van der Waals surface area (Å²) in [4.78, 5) is 25.6. The van der Waals surface area contributed by atoms with Crippen LogP contribution in [-0.2, 0) is 4.74 Å². The van der Waals surface area contributed by atoms with Crippen LogP contribution in [0.3, 0.4) is 0 Å². The van der Waals surface area contributed by atoms with Crippen molar-refractivity contribution in [2.75, 3.05) is 6.61 Å². The van der Waals surface area contributed by atoms with Crippen molar-refractivity contribution in [2.45, 2.75) is 6.92 Å². The third-order valence-corrected chi connectivity index (χ3v) is 2.58. The molecule has 16 heavy (non-hydrogen) atoms. The molecule has 6 nitrogen and oxygen atoms in total. The lowest BCUT2D eigenvalue weighted by atomic mass is 10.3. The lowest BCUT2D eigenvalue weighted by Crippen LogP contribution is -2.14. The molecule has 0 aliphatic carbocycles. The van der Waals surface area contributed by atoms with Gasteiger partial charge in [-0.2, -0.15) is 5.10 Å². The number of carbonyl (C=O) groups excluding carboxylic acids is 1. The Morgan fingerprint density at radius 1 is 1.69 bits per heavy atom. The largest absolute Gasteiger partial charge is 0.462 e. The second-order valence-electron chi connectivity index (χ2n) is 2.98. The standard InChI is InChI=1S/C9H8BrN3O3/c1-2-16-9(15)5-3-6(10)13-7(5)8(14)11-4-12-13/h3-4H,2H2,1H3,(H,11,12,14). The molecule has 84 valence electrons. The van der Waals surface area contributed by atoms with E-state index in [1.807, 2.05) is 0 Å². The van der Waals surface area contributed by atoms with Gasteiger partial charge in [0, 0.05) is 0 Å². The molecule has 0 unspecified atom stereocenters. The summed E-state index contributed by atoms with van der Waals surface area (Å²) < 4.78 is 6.71. The van der Waals surface area contributed by atoms with Gasteiger partial charge < -0.3 is 9.72 Å². The molecule has 0 radical (unpaired) electrons. The highest BCUT2D eigenvalue weighted by Crippen LogP contribution is 2.18. The van der Waals surface area contributed by atoms with Crippen LogP contribution in [0, 0.1) is 0 Å². The van der Waals surface area contributed by atoms with Crippen LogP contribution in [-0.4, -0.2) is 27.2 Å². The van der Waals surface area contributed by atoms with Gasteiger partial charge in [0.15, 0.2) is 0 Å². The maximum Gasteiger partial charge on any atom is 0.340 e. The fourth-order valence-electron chi connectivity index (χ4n) is 1.38. The van der Waals surface area contributed by atoms with Crippen LogP contribution in [0.2, 0.25) is 0 Å². The van der Waals surface area contributed by atoms with Gasteiger partial charge in [-0.25, -0.2) is 9.31 Å². The Kier molecular flexibility index (Phi) is 2.78. The first kappa shape index (κ1) is 10.9. The fourth-order valence-corrected chi connectivity index (χ4v) is 1.88. The minimum absolute atomic E-state index is 0.174. The molecule has 0 atom stereocenters. The zero-order valence-electron chi connectivity index (χ0n) is 8.36. The Labute approximate surface area is 98.4 Å². The van der Waals surface area contributed by atoms with E-state index in [0.29, 0.717) is 4.60 Å². The van der Waals surface area contributed by atoms with Crippen molar-refractivity contribution < 1.29 is 9.53 Å². The van der Waals surface area contributed by atoms with Crippen LogP contribution < -0.4 is 5.56 Å². The number of carbonyl (C=O) groups is 1. The highest BCUT2D eigenvalue weighted by Gasteiger charge is 2.18. The first-order valence-corrected chi connectivity index (χ1v) is 5.36. The van der Waals surface area contributed by atoms with Gasteiger partial charge in [-0.1, -0.05) is 0 Å². The molecule has 0 amide bonds. The number of hydrogen-bond acceptors (Lipinski definition) is 4. The van der Waals surface area contributed by atoms with Crippen molar-refractivity contribution in [3.63, 3.8) is 0 Å². The smallest absolute Gasteiger partial charge is 0.340 e. The first-order chi connectivity index (χ1) is 7.65. The summed E-state index contributed by atoms with van der Waals surface area (Å²) in [5.41, 5.74) is -0.0142. The number of fused-ring (bicyclic) bond motifs is 1. The molecule has 0 bridgehead atoms. The minimum Gasteiger partial charge on any atom is -0.462 e. The van der Waals surface area contributed by atoms with E-state index in [1.165, 1.54) is 16.9 Å². The fraction of sp³-hybridized carbons (Fsp3) is 0.222. The molecule has 0 aromatic carbocycles. The van der Waals surface area contributed by atoms with Gasteiger partial charge in [-0.15, -0.1) is 0 Å². The quantitative estimate of drug-likeness (QED) is 0.834. The van der Waals surface area contributed by atoms with Gasteiger partial charge in [0.05, 0.1) is 12.2 Å². The summed E-state index contributed by atoms with van der Waals surface area (Å²) in [5, 5.41) is 3.91. The van der Waals surface area contributed by atoms with Crippen LogP contribution in [0.5, 0.6) is 0 Å². The second-order valence-corrected chi connectivity index (χ2v) is 3.79. The molecule has 0 aliphatic rings. The number of esters is 1. The van der Waals surface area contributed by atoms with Gasteiger partial charge in [0.2, 0.25) is 0 Å². The zero-order chi connectivity index (χ0) is 11.7. The second kappa shape index (κ2) is 4.09. The number of nitrogens with one attached hydrogen (secondary N) is 1. The van der Waals surface area contributed by atoms with Crippen LogP contribution in [0.4, 0.5) is 0 Å². The summed E-state index contributed by atoms with van der Waals surface area (Å²) >= 11 is 3.21. The topological polar surface area (TPSA) is 76.5 Å². The van der Waals surface area contributed by atoms with Gasteiger partial charge in [0.25, 0.3) is 5.56 Å². The molecule has 0 saturated heterocycles. The molecule has 2 rings (SSSR count). The highest BCUT2D eigenvalue weighted by molar-refractivity contribution is 9.10. The van der Waals surface area contributed by atoms with Crippen LogP contribution in [0.15, 0.2) is 21.8 Å². The third kappa shape index (κ3) is 1.63. The zero-order valence-corrected chi connectivity index (χ0v) is 9.94. The van der Waals surface area contributed by atoms with Crippen molar-refractivity contribution in [1.82, 2.24) is 14.6 Å². The van der Waals surface area contributed by atoms with Crippen molar-refractivity contribution in [3.8, 4) is 0 Å². The van der Waals surface area contributed by atoms with Crippen LogP contribution in [0.1, 0.15) is 17.3 Å². The monoisotopic (exact) mass is 285 g/mol. The normalized spacial score (nSPS) is 10.6. The molecule has 0 saturated carbocycles. The van der Waals surface area contributed by atoms with Crippen molar-refractivity contribution in [3.05, 3.63) is 32.9 Å². The Morgan fingerprint density at radius 2 is 2.44 bits per heavy atom. The van der Waals surface area contributed by atoms with Crippen molar-refractivity contribution in [1.29, 1.82) is 0 Å². The molecule has 2 aromatic heterocycles.